The van der Waals surface area contributed by atoms with Gasteiger partial charge in [-0.2, -0.15) is 5.10 Å². The lowest BCUT2D eigenvalue weighted by Gasteiger charge is -2.32. The van der Waals surface area contributed by atoms with Crippen LogP contribution in [0.4, 0.5) is 5.82 Å². The van der Waals surface area contributed by atoms with Crippen molar-refractivity contribution < 1.29 is 14.3 Å². The molecule has 10 nitrogen and oxygen atoms in total. The molecule has 10 heteroatoms. The quantitative estimate of drug-likeness (QED) is 0.352. The number of piperidine rings is 1. The number of hydrogen-bond acceptors (Lipinski definition) is 7. The number of nitrogen functional groups attached to an aromatic ring is 1. The van der Waals surface area contributed by atoms with E-state index in [1.165, 1.54) is 12.4 Å². The summed E-state index contributed by atoms with van der Waals surface area (Å²) < 4.78 is 7.23. The first-order valence-electron chi connectivity index (χ1n) is 12.8. The lowest BCUT2D eigenvalue weighted by atomic mass is 10.1. The summed E-state index contributed by atoms with van der Waals surface area (Å²) in [6.45, 7) is 7.14. The molecule has 0 saturated carbocycles. The van der Waals surface area contributed by atoms with Crippen LogP contribution < -0.4 is 15.8 Å². The van der Waals surface area contributed by atoms with Crippen LogP contribution in [0.2, 0.25) is 0 Å². The number of amides is 2. The van der Waals surface area contributed by atoms with Crippen LogP contribution in [0.15, 0.2) is 61.4 Å². The van der Waals surface area contributed by atoms with Gasteiger partial charge in [-0.05, 0) is 49.1 Å². The number of nitrogens with one attached hydrogen (secondary N) is 1. The van der Waals surface area contributed by atoms with Gasteiger partial charge in [0.15, 0.2) is 5.65 Å². The zero-order valence-corrected chi connectivity index (χ0v) is 22.1. The first-order chi connectivity index (χ1) is 18.9. The van der Waals surface area contributed by atoms with Gasteiger partial charge in [0, 0.05) is 25.2 Å². The Bertz CT molecular complexity index is 1540. The summed E-state index contributed by atoms with van der Waals surface area (Å²) in [6, 6.07) is 13.2. The Labute approximate surface area is 226 Å². The Hall–Kier alpha value is -4.73. The first kappa shape index (κ1) is 25.9. The lowest BCUT2D eigenvalue weighted by Crippen LogP contribution is -2.40. The summed E-state index contributed by atoms with van der Waals surface area (Å²) in [5, 5.41) is 8.55. The number of benzene rings is 2. The van der Waals surface area contributed by atoms with E-state index in [0.717, 1.165) is 29.5 Å². The number of nitrogens with two attached hydrogens (primary N) is 1. The molecule has 2 aromatic heterocycles. The highest BCUT2D eigenvalue weighted by Crippen LogP contribution is 2.34. The van der Waals surface area contributed by atoms with Crippen LogP contribution in [0.5, 0.6) is 5.75 Å². The number of aryl methyl sites for hydroxylation is 1. The number of ether oxygens (including phenoxy) is 1. The number of nitrogens with zero attached hydrogens (tertiary/aromatic N) is 5. The van der Waals surface area contributed by atoms with E-state index in [2.05, 4.69) is 21.9 Å². The number of methoxy groups -OCH3 is 1. The molecule has 2 amide bonds. The van der Waals surface area contributed by atoms with Gasteiger partial charge in [0.05, 0.1) is 24.1 Å². The molecule has 1 saturated heterocycles. The number of aromatic nitrogens is 4. The van der Waals surface area contributed by atoms with E-state index in [0.29, 0.717) is 53.5 Å². The third kappa shape index (κ3) is 5.18. The minimum absolute atomic E-state index is 0.0403. The lowest BCUT2D eigenvalue weighted by molar-refractivity contribution is -0.127. The molecule has 0 spiro atoms. The standard InChI is InChI=1S/C29H31N7O3/c1-4-24(37)35-13-5-6-21(16-35)36-28-25(27(30)32-17-33-28)26(34-36)20-10-8-19(9-11-20)15-31-29(38)22-12-7-18(2)14-23(22)39-3/h4,7-12,14,17,21H,1,5-6,13,15-16H2,2-3H3,(H,31,38)(H2,30,32,33). The van der Waals surface area contributed by atoms with E-state index in [1.54, 1.807) is 18.1 Å². The van der Waals surface area contributed by atoms with Crippen LogP contribution in [0.3, 0.4) is 0 Å². The Morgan fingerprint density at radius 3 is 2.74 bits per heavy atom. The van der Waals surface area contributed by atoms with Gasteiger partial charge < -0.3 is 20.7 Å². The molecule has 39 heavy (non-hydrogen) atoms. The largest absolute Gasteiger partial charge is 0.496 e. The van der Waals surface area contributed by atoms with E-state index in [9.17, 15) is 9.59 Å². The molecule has 3 heterocycles. The van der Waals surface area contributed by atoms with Crippen molar-refractivity contribution in [3.8, 4) is 17.0 Å². The van der Waals surface area contributed by atoms with Crippen molar-refractivity contribution in [1.82, 2.24) is 30.0 Å². The van der Waals surface area contributed by atoms with Crippen LogP contribution >= 0.6 is 0 Å². The topological polar surface area (TPSA) is 128 Å². The predicted octanol–water partition coefficient (Wildman–Crippen LogP) is 3.67. The number of hydrogen-bond donors (Lipinski definition) is 2. The summed E-state index contributed by atoms with van der Waals surface area (Å²) in [5.41, 5.74) is 10.9. The van der Waals surface area contributed by atoms with Gasteiger partial charge in [0.25, 0.3) is 5.91 Å². The molecular formula is C29H31N7O3. The summed E-state index contributed by atoms with van der Waals surface area (Å²) in [5.74, 6) is 0.593. The maximum atomic E-state index is 12.8. The summed E-state index contributed by atoms with van der Waals surface area (Å²) in [7, 11) is 1.55. The highest BCUT2D eigenvalue weighted by atomic mass is 16.5. The molecule has 4 aromatic rings. The van der Waals surface area contributed by atoms with Crippen LogP contribution in [0.25, 0.3) is 22.3 Å². The fourth-order valence-electron chi connectivity index (χ4n) is 4.98. The molecule has 1 aliphatic rings. The van der Waals surface area contributed by atoms with E-state index in [1.807, 2.05) is 48.0 Å². The minimum atomic E-state index is -0.206. The van der Waals surface area contributed by atoms with Gasteiger partial charge in [-0.1, -0.05) is 36.9 Å². The smallest absolute Gasteiger partial charge is 0.255 e. The summed E-state index contributed by atoms with van der Waals surface area (Å²) in [6.07, 6.45) is 4.50. The highest BCUT2D eigenvalue weighted by Gasteiger charge is 2.28. The maximum absolute atomic E-state index is 12.8. The van der Waals surface area contributed by atoms with Crippen molar-refractivity contribution >= 4 is 28.7 Å². The van der Waals surface area contributed by atoms with Crippen molar-refractivity contribution in [3.63, 3.8) is 0 Å². The number of fused-ring (bicyclic) bond motifs is 1. The average Bonchev–Trinajstić information content (AvgIpc) is 3.36. The van der Waals surface area contributed by atoms with Crippen LogP contribution in [-0.2, 0) is 11.3 Å². The highest BCUT2D eigenvalue weighted by molar-refractivity contribution is 5.98. The van der Waals surface area contributed by atoms with Gasteiger partial charge in [-0.15, -0.1) is 0 Å². The molecule has 200 valence electrons. The third-order valence-electron chi connectivity index (χ3n) is 7.03. The molecule has 1 aliphatic heterocycles. The molecule has 2 aromatic carbocycles. The average molecular weight is 526 g/mol. The van der Waals surface area contributed by atoms with Crippen molar-refractivity contribution in [2.75, 3.05) is 25.9 Å². The Morgan fingerprint density at radius 2 is 2.00 bits per heavy atom. The Balaban J connectivity index is 1.38. The molecule has 1 fully saturated rings. The molecule has 3 N–H and O–H groups in total. The fraction of sp³-hybridized carbons (Fsp3) is 0.276. The second-order valence-electron chi connectivity index (χ2n) is 9.62. The number of anilines is 1. The maximum Gasteiger partial charge on any atom is 0.255 e. The van der Waals surface area contributed by atoms with E-state index >= 15 is 0 Å². The fourth-order valence-corrected chi connectivity index (χ4v) is 4.98. The van der Waals surface area contributed by atoms with Crippen LogP contribution in [0.1, 0.15) is 40.4 Å². The second kappa shape index (κ2) is 10.9. The van der Waals surface area contributed by atoms with Crippen molar-refractivity contribution in [2.45, 2.75) is 32.4 Å². The normalized spacial score (nSPS) is 15.2. The third-order valence-corrected chi connectivity index (χ3v) is 7.03. The van der Waals surface area contributed by atoms with Crippen molar-refractivity contribution in [2.24, 2.45) is 0 Å². The second-order valence-corrected chi connectivity index (χ2v) is 9.62. The minimum Gasteiger partial charge on any atom is -0.496 e. The molecule has 1 unspecified atom stereocenters. The van der Waals surface area contributed by atoms with Gasteiger partial charge >= 0.3 is 0 Å². The molecule has 0 aliphatic carbocycles. The predicted molar refractivity (Wildman–Crippen MR) is 149 cm³/mol. The zero-order valence-electron chi connectivity index (χ0n) is 22.1. The molecule has 5 rings (SSSR count). The Morgan fingerprint density at radius 1 is 1.21 bits per heavy atom. The van der Waals surface area contributed by atoms with Gasteiger partial charge in [-0.3, -0.25) is 9.59 Å². The SMILES string of the molecule is C=CC(=O)N1CCCC(n2nc(-c3ccc(CNC(=O)c4ccc(C)cc4OC)cc3)c3c(N)ncnc32)C1. The van der Waals surface area contributed by atoms with Crippen molar-refractivity contribution in [3.05, 3.63) is 78.1 Å². The number of likely N-dealkylation sites (tertiary alicyclic amines) is 1. The summed E-state index contributed by atoms with van der Waals surface area (Å²) >= 11 is 0. The van der Waals surface area contributed by atoms with Gasteiger partial charge in [0.1, 0.15) is 23.6 Å². The van der Waals surface area contributed by atoms with E-state index in [-0.39, 0.29) is 17.9 Å². The van der Waals surface area contributed by atoms with Gasteiger partial charge in [0.2, 0.25) is 5.91 Å². The number of rotatable bonds is 7. The molecular weight excluding hydrogens is 494 g/mol. The first-order valence-corrected chi connectivity index (χ1v) is 12.8. The Kier molecular flexibility index (Phi) is 7.27. The van der Waals surface area contributed by atoms with Gasteiger partial charge in [-0.25, -0.2) is 14.6 Å². The van der Waals surface area contributed by atoms with Crippen LogP contribution in [-0.4, -0.2) is 56.7 Å². The van der Waals surface area contributed by atoms with Crippen LogP contribution in [0, 0.1) is 6.92 Å². The monoisotopic (exact) mass is 525 g/mol. The molecule has 1 atom stereocenters. The van der Waals surface area contributed by atoms with Crippen molar-refractivity contribution in [1.29, 1.82) is 0 Å². The molecule has 0 bridgehead atoms. The summed E-state index contributed by atoms with van der Waals surface area (Å²) in [4.78, 5) is 35.5. The van der Waals surface area contributed by atoms with E-state index in [4.69, 9.17) is 15.6 Å². The number of carbonyl (C=O) groups is 2. The van der Waals surface area contributed by atoms with E-state index < -0.39 is 0 Å². The zero-order chi connectivity index (χ0) is 27.5. The number of carbonyl (C=O) groups excluding carboxylic acids is 2. The molecule has 0 radical (unpaired) electrons.